The van der Waals surface area contributed by atoms with Gasteiger partial charge in [-0.25, -0.2) is 4.98 Å². The van der Waals surface area contributed by atoms with Gasteiger partial charge < -0.3 is 14.5 Å². The number of fused-ring (bicyclic) bond motifs is 1. The number of methoxy groups -OCH3 is 2. The van der Waals surface area contributed by atoms with Gasteiger partial charge in [0.25, 0.3) is 5.91 Å². The van der Waals surface area contributed by atoms with Gasteiger partial charge in [0.15, 0.2) is 0 Å². The van der Waals surface area contributed by atoms with Crippen LogP contribution in [0.15, 0.2) is 47.4 Å². The lowest BCUT2D eigenvalue weighted by molar-refractivity contribution is -0.122. The Morgan fingerprint density at radius 1 is 1.21 bits per heavy atom. The van der Waals surface area contributed by atoms with Crippen molar-refractivity contribution in [1.82, 2.24) is 14.9 Å². The van der Waals surface area contributed by atoms with Gasteiger partial charge in [-0.3, -0.25) is 9.69 Å². The molecule has 28 heavy (non-hydrogen) atoms. The van der Waals surface area contributed by atoms with Crippen LogP contribution in [-0.4, -0.2) is 39.3 Å². The van der Waals surface area contributed by atoms with Gasteiger partial charge in [0.2, 0.25) is 0 Å². The molecule has 0 saturated carbocycles. The van der Waals surface area contributed by atoms with E-state index < -0.39 is 0 Å². The first kappa shape index (κ1) is 18.5. The molecule has 1 aliphatic rings. The fourth-order valence-corrected chi connectivity index (χ4v) is 4.21. The minimum absolute atomic E-state index is 0.152. The Hall–Kier alpha value is -2.84. The lowest BCUT2D eigenvalue weighted by atomic mass is 10.1. The molecule has 142 valence electrons. The number of aromatic amines is 1. The molecule has 1 saturated heterocycles. The van der Waals surface area contributed by atoms with E-state index in [0.29, 0.717) is 33.1 Å². The quantitative estimate of drug-likeness (QED) is 0.506. The Kier molecular flexibility index (Phi) is 5.06. The third-order valence-electron chi connectivity index (χ3n) is 4.34. The summed E-state index contributed by atoms with van der Waals surface area (Å²) in [6.07, 6.45) is 1.78. The van der Waals surface area contributed by atoms with Crippen molar-refractivity contribution in [2.75, 3.05) is 14.2 Å². The molecule has 1 aromatic heterocycles. The van der Waals surface area contributed by atoms with Crippen LogP contribution in [0.1, 0.15) is 11.4 Å². The van der Waals surface area contributed by atoms with Crippen LogP contribution in [0.4, 0.5) is 0 Å². The molecule has 0 bridgehead atoms. The van der Waals surface area contributed by atoms with E-state index in [1.165, 1.54) is 11.8 Å². The van der Waals surface area contributed by atoms with Crippen molar-refractivity contribution < 1.29 is 14.3 Å². The molecular formula is C20H17N3O3S2. The minimum atomic E-state index is -0.152. The zero-order chi connectivity index (χ0) is 19.7. The van der Waals surface area contributed by atoms with Crippen LogP contribution in [0.3, 0.4) is 0 Å². The number of aromatic nitrogens is 2. The van der Waals surface area contributed by atoms with Crippen LogP contribution in [0.2, 0.25) is 0 Å². The standard InChI is InChI=1S/C20H17N3O3S2/c1-25-13-7-8-16(26-2)12(9-13)10-17-19(24)23(20(27)28-17)11-18-21-14-5-3-4-6-15(14)22-18/h3-10H,11H2,1-2H3,(H,21,22)/b17-10-. The van der Waals surface area contributed by atoms with Gasteiger partial charge >= 0.3 is 0 Å². The highest BCUT2D eigenvalue weighted by Crippen LogP contribution is 2.36. The first-order chi connectivity index (χ1) is 13.6. The lowest BCUT2D eigenvalue weighted by Gasteiger charge is -2.12. The van der Waals surface area contributed by atoms with Crippen molar-refractivity contribution in [2.45, 2.75) is 6.54 Å². The van der Waals surface area contributed by atoms with Crippen molar-refractivity contribution in [2.24, 2.45) is 0 Å². The number of carbonyl (C=O) groups excluding carboxylic acids is 1. The minimum Gasteiger partial charge on any atom is -0.497 e. The molecule has 2 heterocycles. The Labute approximate surface area is 171 Å². The van der Waals surface area contributed by atoms with E-state index in [2.05, 4.69) is 9.97 Å². The molecule has 6 nitrogen and oxygen atoms in total. The van der Waals surface area contributed by atoms with Crippen LogP contribution in [0.25, 0.3) is 17.1 Å². The summed E-state index contributed by atoms with van der Waals surface area (Å²) < 4.78 is 11.2. The zero-order valence-corrected chi connectivity index (χ0v) is 16.9. The maximum atomic E-state index is 12.9. The topological polar surface area (TPSA) is 67.5 Å². The van der Waals surface area contributed by atoms with E-state index >= 15 is 0 Å². The van der Waals surface area contributed by atoms with Crippen LogP contribution < -0.4 is 9.47 Å². The van der Waals surface area contributed by atoms with E-state index in [0.717, 1.165) is 16.6 Å². The average molecular weight is 412 g/mol. The summed E-state index contributed by atoms with van der Waals surface area (Å²) in [5.74, 6) is 1.88. The van der Waals surface area contributed by atoms with Gasteiger partial charge in [0, 0.05) is 5.56 Å². The number of para-hydroxylation sites is 2. The molecule has 0 aliphatic carbocycles. The molecule has 1 amide bonds. The second-order valence-corrected chi connectivity index (χ2v) is 7.75. The third kappa shape index (κ3) is 3.48. The van der Waals surface area contributed by atoms with E-state index in [1.807, 2.05) is 36.4 Å². The molecule has 1 fully saturated rings. The number of carbonyl (C=O) groups is 1. The molecule has 8 heteroatoms. The van der Waals surface area contributed by atoms with Gasteiger partial charge in [-0.05, 0) is 36.4 Å². The number of hydrogen-bond donors (Lipinski definition) is 1. The summed E-state index contributed by atoms with van der Waals surface area (Å²) in [5.41, 5.74) is 2.55. The highest BCUT2D eigenvalue weighted by atomic mass is 32.2. The normalized spacial score (nSPS) is 15.6. The molecular weight excluding hydrogens is 394 g/mol. The molecule has 4 rings (SSSR count). The van der Waals surface area contributed by atoms with Crippen molar-refractivity contribution in [3.8, 4) is 11.5 Å². The number of imidazole rings is 1. The molecule has 1 N–H and O–H groups in total. The van der Waals surface area contributed by atoms with E-state index in [-0.39, 0.29) is 5.91 Å². The van der Waals surface area contributed by atoms with Gasteiger partial charge in [0.05, 0.1) is 36.7 Å². The number of nitrogens with zero attached hydrogens (tertiary/aromatic N) is 2. The number of H-pyrrole nitrogens is 1. The Morgan fingerprint density at radius 3 is 2.79 bits per heavy atom. The predicted octanol–water partition coefficient (Wildman–Crippen LogP) is 3.98. The maximum absolute atomic E-state index is 12.9. The van der Waals surface area contributed by atoms with Crippen LogP contribution >= 0.6 is 24.0 Å². The van der Waals surface area contributed by atoms with Crippen molar-refractivity contribution >= 4 is 51.3 Å². The molecule has 3 aromatic rings. The summed E-state index contributed by atoms with van der Waals surface area (Å²) in [5, 5.41) is 0. The summed E-state index contributed by atoms with van der Waals surface area (Å²) in [4.78, 5) is 22.8. The number of rotatable bonds is 5. The van der Waals surface area contributed by atoms with Gasteiger partial charge in [0.1, 0.15) is 21.6 Å². The molecule has 0 spiro atoms. The smallest absolute Gasteiger partial charge is 0.266 e. The number of thioether (sulfide) groups is 1. The fourth-order valence-electron chi connectivity index (χ4n) is 2.96. The van der Waals surface area contributed by atoms with Gasteiger partial charge in [-0.2, -0.15) is 0 Å². The largest absolute Gasteiger partial charge is 0.497 e. The maximum Gasteiger partial charge on any atom is 0.266 e. The number of ether oxygens (including phenoxy) is 2. The monoisotopic (exact) mass is 411 g/mol. The number of amides is 1. The SMILES string of the molecule is COc1ccc(OC)c(/C=C2\SC(=S)N(Cc3nc4ccccc4[nH]3)C2=O)c1. The van der Waals surface area contributed by atoms with Gasteiger partial charge in [-0.1, -0.05) is 36.1 Å². The second kappa shape index (κ2) is 7.65. The third-order valence-corrected chi connectivity index (χ3v) is 5.72. The number of hydrogen-bond acceptors (Lipinski definition) is 6. The Bertz CT molecular complexity index is 1070. The summed E-state index contributed by atoms with van der Waals surface area (Å²) in [6.45, 7) is 0.298. The highest BCUT2D eigenvalue weighted by Gasteiger charge is 2.33. The van der Waals surface area contributed by atoms with Crippen LogP contribution in [0, 0.1) is 0 Å². The van der Waals surface area contributed by atoms with E-state index in [4.69, 9.17) is 21.7 Å². The zero-order valence-electron chi connectivity index (χ0n) is 15.3. The predicted molar refractivity (Wildman–Crippen MR) is 114 cm³/mol. The number of benzene rings is 2. The highest BCUT2D eigenvalue weighted by molar-refractivity contribution is 8.26. The second-order valence-electron chi connectivity index (χ2n) is 6.08. The molecule has 0 radical (unpaired) electrons. The first-order valence-corrected chi connectivity index (χ1v) is 9.72. The molecule has 0 atom stereocenters. The lowest BCUT2D eigenvalue weighted by Crippen LogP contribution is -2.27. The van der Waals surface area contributed by atoms with Crippen molar-refractivity contribution in [3.63, 3.8) is 0 Å². The Balaban J connectivity index is 1.61. The van der Waals surface area contributed by atoms with Crippen LogP contribution in [0.5, 0.6) is 11.5 Å². The number of thiocarbonyl (C=S) groups is 1. The van der Waals surface area contributed by atoms with Gasteiger partial charge in [-0.15, -0.1) is 0 Å². The molecule has 0 unspecified atom stereocenters. The van der Waals surface area contributed by atoms with E-state index in [9.17, 15) is 4.79 Å². The summed E-state index contributed by atoms with van der Waals surface area (Å²) in [7, 11) is 3.18. The Morgan fingerprint density at radius 2 is 2.04 bits per heavy atom. The fraction of sp³-hybridized carbons (Fsp3) is 0.150. The van der Waals surface area contributed by atoms with E-state index in [1.54, 1.807) is 31.3 Å². The van der Waals surface area contributed by atoms with Crippen LogP contribution in [-0.2, 0) is 11.3 Å². The van der Waals surface area contributed by atoms with Crippen molar-refractivity contribution in [1.29, 1.82) is 0 Å². The molecule has 2 aromatic carbocycles. The number of nitrogens with one attached hydrogen (secondary N) is 1. The summed E-state index contributed by atoms with van der Waals surface area (Å²) in [6, 6.07) is 13.2. The molecule has 1 aliphatic heterocycles. The average Bonchev–Trinajstić information content (AvgIpc) is 3.23. The summed E-state index contributed by atoms with van der Waals surface area (Å²) >= 11 is 6.70. The first-order valence-electron chi connectivity index (χ1n) is 8.50. The van der Waals surface area contributed by atoms with Crippen molar-refractivity contribution in [3.05, 3.63) is 58.8 Å².